The highest BCUT2D eigenvalue weighted by molar-refractivity contribution is 7.93. The molecule has 1 unspecified atom stereocenters. The first kappa shape index (κ1) is 17.2. The molecule has 1 saturated carbocycles. The van der Waals surface area contributed by atoms with E-state index in [2.05, 4.69) is 4.72 Å². The van der Waals surface area contributed by atoms with E-state index in [-0.39, 0.29) is 17.3 Å². The van der Waals surface area contributed by atoms with Crippen LogP contribution in [0.25, 0.3) is 0 Å². The SMILES string of the molecule is CC1CN(C(=O)c2cccc(NS(=O)(=O)C3CCCC3)c2)CCO1. The Labute approximate surface area is 143 Å². The van der Waals surface area contributed by atoms with Crippen LogP contribution >= 0.6 is 0 Å². The van der Waals surface area contributed by atoms with Crippen molar-refractivity contribution in [1.82, 2.24) is 4.90 Å². The minimum atomic E-state index is -3.38. The van der Waals surface area contributed by atoms with Crippen LogP contribution in [0.3, 0.4) is 0 Å². The Morgan fingerprint density at radius 3 is 2.75 bits per heavy atom. The molecule has 0 spiro atoms. The second-order valence-corrected chi connectivity index (χ2v) is 8.53. The van der Waals surface area contributed by atoms with Crippen molar-refractivity contribution in [2.45, 2.75) is 44.0 Å². The number of carbonyl (C=O) groups is 1. The van der Waals surface area contributed by atoms with E-state index in [9.17, 15) is 13.2 Å². The monoisotopic (exact) mass is 352 g/mol. The summed E-state index contributed by atoms with van der Waals surface area (Å²) in [5.41, 5.74) is 0.949. The molecule has 1 atom stereocenters. The molecule has 3 rings (SSSR count). The van der Waals surface area contributed by atoms with Gasteiger partial charge in [-0.15, -0.1) is 0 Å². The molecule has 132 valence electrons. The van der Waals surface area contributed by atoms with Gasteiger partial charge < -0.3 is 9.64 Å². The number of rotatable bonds is 4. The average Bonchev–Trinajstić information content (AvgIpc) is 3.09. The molecular formula is C17H24N2O4S. The van der Waals surface area contributed by atoms with E-state index >= 15 is 0 Å². The maximum absolute atomic E-state index is 12.6. The number of benzene rings is 1. The topological polar surface area (TPSA) is 75.7 Å². The van der Waals surface area contributed by atoms with Crippen LogP contribution in [0.15, 0.2) is 24.3 Å². The Kier molecular flexibility index (Phi) is 5.10. The Bertz CT molecular complexity index is 698. The number of sulfonamides is 1. The third-order valence-electron chi connectivity index (χ3n) is 4.64. The van der Waals surface area contributed by atoms with Gasteiger partial charge in [0.15, 0.2) is 0 Å². The Balaban J connectivity index is 1.73. The molecule has 1 N–H and O–H groups in total. The van der Waals surface area contributed by atoms with Crippen LogP contribution < -0.4 is 4.72 Å². The second-order valence-electron chi connectivity index (χ2n) is 6.57. The van der Waals surface area contributed by atoms with Gasteiger partial charge in [-0.3, -0.25) is 9.52 Å². The van der Waals surface area contributed by atoms with Gasteiger partial charge >= 0.3 is 0 Å². The number of carbonyl (C=O) groups excluding carboxylic acids is 1. The van der Waals surface area contributed by atoms with Crippen molar-refractivity contribution in [3.8, 4) is 0 Å². The van der Waals surface area contributed by atoms with Gasteiger partial charge in [0, 0.05) is 24.3 Å². The fourth-order valence-electron chi connectivity index (χ4n) is 3.35. The summed E-state index contributed by atoms with van der Waals surface area (Å²) < 4.78 is 32.9. The molecule has 7 heteroatoms. The summed E-state index contributed by atoms with van der Waals surface area (Å²) in [5.74, 6) is -0.0907. The van der Waals surface area contributed by atoms with Crippen molar-refractivity contribution in [2.24, 2.45) is 0 Å². The number of ether oxygens (including phenoxy) is 1. The molecule has 6 nitrogen and oxygen atoms in total. The van der Waals surface area contributed by atoms with Crippen molar-refractivity contribution in [3.05, 3.63) is 29.8 Å². The van der Waals surface area contributed by atoms with Crippen molar-refractivity contribution in [1.29, 1.82) is 0 Å². The Hall–Kier alpha value is -1.60. The van der Waals surface area contributed by atoms with Crippen LogP contribution in [0.5, 0.6) is 0 Å². The molecule has 2 aliphatic rings. The van der Waals surface area contributed by atoms with Crippen LogP contribution in [0.1, 0.15) is 43.0 Å². The normalized spacial score (nSPS) is 22.5. The maximum atomic E-state index is 12.6. The first-order valence-electron chi connectivity index (χ1n) is 8.48. The highest BCUT2D eigenvalue weighted by atomic mass is 32.2. The predicted molar refractivity (Wildman–Crippen MR) is 92.6 cm³/mol. The van der Waals surface area contributed by atoms with Crippen LogP contribution in [0, 0.1) is 0 Å². The van der Waals surface area contributed by atoms with Gasteiger partial charge in [0.1, 0.15) is 0 Å². The molecular weight excluding hydrogens is 328 g/mol. The maximum Gasteiger partial charge on any atom is 0.254 e. The number of amides is 1. The molecule has 0 radical (unpaired) electrons. The summed E-state index contributed by atoms with van der Waals surface area (Å²) in [6, 6.07) is 6.74. The highest BCUT2D eigenvalue weighted by Gasteiger charge is 2.29. The fourth-order valence-corrected chi connectivity index (χ4v) is 4.92. The largest absolute Gasteiger partial charge is 0.375 e. The zero-order valence-electron chi connectivity index (χ0n) is 13.9. The lowest BCUT2D eigenvalue weighted by Crippen LogP contribution is -2.44. The van der Waals surface area contributed by atoms with Gasteiger partial charge in [0.25, 0.3) is 5.91 Å². The molecule has 0 aromatic heterocycles. The van der Waals surface area contributed by atoms with Gasteiger partial charge in [0.2, 0.25) is 10.0 Å². The number of hydrogen-bond donors (Lipinski definition) is 1. The van der Waals surface area contributed by atoms with Gasteiger partial charge in [-0.25, -0.2) is 8.42 Å². The first-order chi connectivity index (χ1) is 11.5. The Morgan fingerprint density at radius 2 is 2.04 bits per heavy atom. The van der Waals surface area contributed by atoms with E-state index in [1.165, 1.54) is 0 Å². The second kappa shape index (κ2) is 7.11. The van der Waals surface area contributed by atoms with Crippen LogP contribution in [-0.4, -0.2) is 50.3 Å². The number of hydrogen-bond acceptors (Lipinski definition) is 4. The molecule has 1 amide bonds. The molecule has 1 aliphatic heterocycles. The van der Waals surface area contributed by atoms with Crippen molar-refractivity contribution in [2.75, 3.05) is 24.4 Å². The van der Waals surface area contributed by atoms with Crippen molar-refractivity contribution >= 4 is 21.6 Å². The zero-order valence-corrected chi connectivity index (χ0v) is 14.7. The van der Waals surface area contributed by atoms with E-state index in [4.69, 9.17) is 4.74 Å². The van der Waals surface area contributed by atoms with E-state index < -0.39 is 10.0 Å². The smallest absolute Gasteiger partial charge is 0.254 e. The van der Waals surface area contributed by atoms with E-state index in [0.717, 1.165) is 12.8 Å². The van der Waals surface area contributed by atoms with Crippen molar-refractivity contribution in [3.63, 3.8) is 0 Å². The summed E-state index contributed by atoms with van der Waals surface area (Å²) in [4.78, 5) is 14.4. The lowest BCUT2D eigenvalue weighted by atomic mass is 10.1. The molecule has 1 aromatic carbocycles. The molecule has 1 aliphatic carbocycles. The summed E-state index contributed by atoms with van der Waals surface area (Å²) in [5, 5.41) is -0.322. The number of morpholine rings is 1. The van der Waals surface area contributed by atoms with Gasteiger partial charge in [-0.1, -0.05) is 18.9 Å². The summed E-state index contributed by atoms with van der Waals surface area (Å²) in [6.07, 6.45) is 3.35. The van der Waals surface area contributed by atoms with Gasteiger partial charge in [-0.2, -0.15) is 0 Å². The third-order valence-corrected chi connectivity index (χ3v) is 6.51. The first-order valence-corrected chi connectivity index (χ1v) is 10.0. The van der Waals surface area contributed by atoms with E-state index in [1.54, 1.807) is 29.2 Å². The van der Waals surface area contributed by atoms with Crippen molar-refractivity contribution < 1.29 is 17.9 Å². The lowest BCUT2D eigenvalue weighted by molar-refractivity contribution is -0.0124. The number of nitrogens with zero attached hydrogens (tertiary/aromatic N) is 1. The minimum Gasteiger partial charge on any atom is -0.375 e. The quantitative estimate of drug-likeness (QED) is 0.902. The highest BCUT2D eigenvalue weighted by Crippen LogP contribution is 2.26. The van der Waals surface area contributed by atoms with Gasteiger partial charge in [-0.05, 0) is 38.0 Å². The predicted octanol–water partition coefficient (Wildman–Crippen LogP) is 2.23. The molecule has 1 heterocycles. The fraction of sp³-hybridized carbons (Fsp3) is 0.588. The minimum absolute atomic E-state index is 0.0201. The molecule has 1 aromatic rings. The van der Waals surface area contributed by atoms with E-state index in [0.29, 0.717) is 43.8 Å². The van der Waals surface area contributed by atoms with Crippen LogP contribution in [0.4, 0.5) is 5.69 Å². The Morgan fingerprint density at radius 1 is 1.29 bits per heavy atom. The summed E-state index contributed by atoms with van der Waals surface area (Å²) in [6.45, 7) is 3.57. The molecule has 2 fully saturated rings. The zero-order chi connectivity index (χ0) is 17.2. The van der Waals surface area contributed by atoms with Crippen LogP contribution in [0.2, 0.25) is 0 Å². The summed E-state index contributed by atoms with van der Waals surface area (Å²) in [7, 11) is -3.38. The van der Waals surface area contributed by atoms with Crippen LogP contribution in [-0.2, 0) is 14.8 Å². The third kappa shape index (κ3) is 3.89. The molecule has 1 saturated heterocycles. The lowest BCUT2D eigenvalue weighted by Gasteiger charge is -2.31. The van der Waals surface area contributed by atoms with Gasteiger partial charge in [0.05, 0.1) is 18.0 Å². The number of nitrogens with one attached hydrogen (secondary N) is 1. The average molecular weight is 352 g/mol. The van der Waals surface area contributed by atoms with E-state index in [1.807, 2.05) is 6.92 Å². The summed E-state index contributed by atoms with van der Waals surface area (Å²) >= 11 is 0. The molecule has 24 heavy (non-hydrogen) atoms. The molecule has 0 bridgehead atoms. The number of anilines is 1. The standard InChI is InChI=1S/C17H24N2O4S/c1-13-12-19(9-10-23-13)17(20)14-5-4-6-15(11-14)18-24(21,22)16-7-2-3-8-16/h4-6,11,13,16,18H,2-3,7-10,12H2,1H3.